The van der Waals surface area contributed by atoms with Crippen LogP contribution < -0.4 is 5.73 Å². The minimum absolute atomic E-state index is 0.522. The number of hydrogen-bond donors (Lipinski definition) is 1. The van der Waals surface area contributed by atoms with Crippen LogP contribution in [0.3, 0.4) is 0 Å². The first kappa shape index (κ1) is 13.2. The molecule has 2 N–H and O–H groups in total. The lowest BCUT2D eigenvalue weighted by atomic mass is 10.2. The molecule has 0 aromatic carbocycles. The van der Waals surface area contributed by atoms with E-state index in [2.05, 4.69) is 23.0 Å². The predicted molar refractivity (Wildman–Crippen MR) is 72.6 cm³/mol. The Balaban J connectivity index is 0.000000686. The quantitative estimate of drug-likeness (QED) is 0.859. The fourth-order valence-corrected chi connectivity index (χ4v) is 1.38. The molecule has 3 heteroatoms. The van der Waals surface area contributed by atoms with E-state index in [4.69, 9.17) is 5.73 Å². The molecule has 0 aliphatic heterocycles. The first-order valence-corrected chi connectivity index (χ1v) is 5.97. The summed E-state index contributed by atoms with van der Waals surface area (Å²) in [5, 5.41) is 0. The van der Waals surface area contributed by atoms with Crippen molar-refractivity contribution < 1.29 is 0 Å². The maximum absolute atomic E-state index is 5.61. The molecule has 0 saturated heterocycles. The highest BCUT2D eigenvalue weighted by molar-refractivity contribution is 5.56. The van der Waals surface area contributed by atoms with Gasteiger partial charge in [-0.05, 0) is 30.2 Å². The Kier molecular flexibility index (Phi) is 5.14. The standard InChI is InChI=1S/C12H13N3.C2H6/c1-2-9-6-7-10(14-8-9)11-4-3-5-12(13)15-11;1-2/h3-8H,2H2,1H3,(H2,13,15);1-2H3. The maximum Gasteiger partial charge on any atom is 0.124 e. The van der Waals surface area contributed by atoms with Gasteiger partial charge in [0.1, 0.15) is 5.82 Å². The van der Waals surface area contributed by atoms with Crippen molar-refractivity contribution in [3.05, 3.63) is 42.1 Å². The number of aryl methyl sites for hydroxylation is 1. The van der Waals surface area contributed by atoms with E-state index in [1.807, 2.05) is 38.2 Å². The Morgan fingerprint density at radius 1 is 1.06 bits per heavy atom. The summed E-state index contributed by atoms with van der Waals surface area (Å²) in [6, 6.07) is 9.59. The lowest BCUT2D eigenvalue weighted by Crippen LogP contribution is -1.93. The van der Waals surface area contributed by atoms with Gasteiger partial charge in [0, 0.05) is 6.20 Å². The van der Waals surface area contributed by atoms with Crippen LogP contribution >= 0.6 is 0 Å². The molecular weight excluding hydrogens is 210 g/mol. The first-order valence-electron chi connectivity index (χ1n) is 5.97. The van der Waals surface area contributed by atoms with Gasteiger partial charge in [0.25, 0.3) is 0 Å². The lowest BCUT2D eigenvalue weighted by Gasteiger charge is -2.01. The third-order valence-corrected chi connectivity index (χ3v) is 2.27. The summed E-state index contributed by atoms with van der Waals surface area (Å²) in [5.41, 5.74) is 8.52. The highest BCUT2D eigenvalue weighted by Gasteiger charge is 2.00. The van der Waals surface area contributed by atoms with Crippen molar-refractivity contribution in [3.8, 4) is 11.4 Å². The molecule has 0 aliphatic carbocycles. The van der Waals surface area contributed by atoms with Crippen molar-refractivity contribution in [3.63, 3.8) is 0 Å². The molecule has 0 saturated carbocycles. The van der Waals surface area contributed by atoms with Crippen LogP contribution in [0.1, 0.15) is 26.3 Å². The first-order chi connectivity index (χ1) is 8.29. The van der Waals surface area contributed by atoms with E-state index < -0.39 is 0 Å². The van der Waals surface area contributed by atoms with E-state index in [1.165, 1.54) is 5.56 Å². The summed E-state index contributed by atoms with van der Waals surface area (Å²) in [6.45, 7) is 6.11. The van der Waals surface area contributed by atoms with Gasteiger partial charge in [0.05, 0.1) is 11.4 Å². The molecule has 2 aromatic heterocycles. The van der Waals surface area contributed by atoms with Crippen molar-refractivity contribution in [2.45, 2.75) is 27.2 Å². The van der Waals surface area contributed by atoms with E-state index >= 15 is 0 Å². The molecule has 17 heavy (non-hydrogen) atoms. The number of aromatic nitrogens is 2. The molecule has 0 amide bonds. The van der Waals surface area contributed by atoms with Crippen molar-refractivity contribution in [1.29, 1.82) is 0 Å². The fraction of sp³-hybridized carbons (Fsp3) is 0.286. The van der Waals surface area contributed by atoms with Crippen molar-refractivity contribution in [1.82, 2.24) is 9.97 Å². The Morgan fingerprint density at radius 2 is 1.82 bits per heavy atom. The second kappa shape index (κ2) is 6.63. The van der Waals surface area contributed by atoms with Crippen LogP contribution in [0.15, 0.2) is 36.5 Å². The van der Waals surface area contributed by atoms with Gasteiger partial charge < -0.3 is 5.73 Å². The molecule has 3 nitrogen and oxygen atoms in total. The van der Waals surface area contributed by atoms with E-state index in [0.717, 1.165) is 17.8 Å². The van der Waals surface area contributed by atoms with Crippen LogP contribution in [0.4, 0.5) is 5.82 Å². The number of hydrogen-bond acceptors (Lipinski definition) is 3. The Morgan fingerprint density at radius 3 is 2.35 bits per heavy atom. The highest BCUT2D eigenvalue weighted by Crippen LogP contribution is 2.15. The van der Waals surface area contributed by atoms with Crippen molar-refractivity contribution in [2.75, 3.05) is 5.73 Å². The summed E-state index contributed by atoms with van der Waals surface area (Å²) in [7, 11) is 0. The molecule has 0 spiro atoms. The molecular formula is C14H19N3. The Hall–Kier alpha value is -1.90. The average Bonchev–Trinajstić information content (AvgIpc) is 2.41. The van der Waals surface area contributed by atoms with Gasteiger partial charge in [0.15, 0.2) is 0 Å². The van der Waals surface area contributed by atoms with Gasteiger partial charge in [-0.15, -0.1) is 0 Å². The van der Waals surface area contributed by atoms with Crippen LogP contribution in [0.5, 0.6) is 0 Å². The SMILES string of the molecule is CC.CCc1ccc(-c2cccc(N)n2)nc1. The molecule has 0 fully saturated rings. The van der Waals surface area contributed by atoms with Crippen LogP contribution in [-0.4, -0.2) is 9.97 Å². The average molecular weight is 229 g/mol. The monoisotopic (exact) mass is 229 g/mol. The molecule has 2 heterocycles. The summed E-state index contributed by atoms with van der Waals surface area (Å²) >= 11 is 0. The molecule has 90 valence electrons. The second-order valence-electron chi connectivity index (χ2n) is 3.35. The van der Waals surface area contributed by atoms with Crippen LogP contribution in [0.25, 0.3) is 11.4 Å². The molecule has 2 aromatic rings. The van der Waals surface area contributed by atoms with Gasteiger partial charge in [0.2, 0.25) is 0 Å². The summed E-state index contributed by atoms with van der Waals surface area (Å²) < 4.78 is 0. The molecule has 0 aliphatic rings. The smallest absolute Gasteiger partial charge is 0.124 e. The topological polar surface area (TPSA) is 51.8 Å². The van der Waals surface area contributed by atoms with Gasteiger partial charge in [-0.3, -0.25) is 4.98 Å². The van der Waals surface area contributed by atoms with Crippen LogP contribution in [-0.2, 0) is 6.42 Å². The number of nitrogens with zero attached hydrogens (tertiary/aromatic N) is 2. The van der Waals surface area contributed by atoms with Crippen LogP contribution in [0, 0.1) is 0 Å². The number of nitrogens with two attached hydrogens (primary N) is 1. The number of pyridine rings is 2. The third-order valence-electron chi connectivity index (χ3n) is 2.27. The molecule has 0 atom stereocenters. The van der Waals surface area contributed by atoms with Crippen molar-refractivity contribution in [2.24, 2.45) is 0 Å². The van der Waals surface area contributed by atoms with E-state index in [-0.39, 0.29) is 0 Å². The fourth-order valence-electron chi connectivity index (χ4n) is 1.38. The zero-order chi connectivity index (χ0) is 12.7. The second-order valence-corrected chi connectivity index (χ2v) is 3.35. The van der Waals surface area contributed by atoms with Crippen LogP contribution in [0.2, 0.25) is 0 Å². The normalized spacial score (nSPS) is 9.35. The Labute approximate surface area is 103 Å². The third kappa shape index (κ3) is 3.55. The lowest BCUT2D eigenvalue weighted by molar-refractivity contribution is 1.10. The van der Waals surface area contributed by atoms with Gasteiger partial charge >= 0.3 is 0 Å². The molecule has 2 rings (SSSR count). The van der Waals surface area contributed by atoms with E-state index in [9.17, 15) is 0 Å². The van der Waals surface area contributed by atoms with Gasteiger partial charge in [-0.25, -0.2) is 4.98 Å². The zero-order valence-electron chi connectivity index (χ0n) is 10.6. The maximum atomic E-state index is 5.61. The number of nitrogen functional groups attached to an aromatic ring is 1. The van der Waals surface area contributed by atoms with Crippen molar-refractivity contribution >= 4 is 5.82 Å². The molecule has 0 unspecified atom stereocenters. The summed E-state index contributed by atoms with van der Waals surface area (Å²) in [6.07, 6.45) is 2.87. The summed E-state index contributed by atoms with van der Waals surface area (Å²) in [4.78, 5) is 8.56. The minimum Gasteiger partial charge on any atom is -0.384 e. The van der Waals surface area contributed by atoms with E-state index in [0.29, 0.717) is 5.82 Å². The predicted octanol–water partition coefficient (Wildman–Crippen LogP) is 3.31. The molecule has 0 radical (unpaired) electrons. The number of rotatable bonds is 2. The van der Waals surface area contributed by atoms with Gasteiger partial charge in [-0.2, -0.15) is 0 Å². The highest BCUT2D eigenvalue weighted by atomic mass is 14.9. The number of anilines is 1. The van der Waals surface area contributed by atoms with Gasteiger partial charge in [-0.1, -0.05) is 32.9 Å². The largest absolute Gasteiger partial charge is 0.384 e. The van der Waals surface area contributed by atoms with E-state index in [1.54, 1.807) is 6.07 Å². The zero-order valence-corrected chi connectivity index (χ0v) is 10.6. The Bertz CT molecular complexity index is 449. The molecule has 0 bridgehead atoms. The summed E-state index contributed by atoms with van der Waals surface area (Å²) in [5.74, 6) is 0.522. The minimum atomic E-state index is 0.522.